The van der Waals surface area contributed by atoms with Gasteiger partial charge in [0.05, 0.1) is 21.3 Å². The molecule has 1 aliphatic rings. The predicted molar refractivity (Wildman–Crippen MR) is 92.8 cm³/mol. The zero-order valence-electron chi connectivity index (χ0n) is 12.3. The molecule has 1 fully saturated rings. The summed E-state index contributed by atoms with van der Waals surface area (Å²) >= 11 is 9.04. The molecule has 3 heterocycles. The molecule has 22 heavy (non-hydrogen) atoms. The molecule has 0 unspecified atom stereocenters. The van der Waals surface area contributed by atoms with Crippen LogP contribution in [0.5, 0.6) is 0 Å². The van der Waals surface area contributed by atoms with Gasteiger partial charge in [0.25, 0.3) is 0 Å². The fourth-order valence-corrected chi connectivity index (χ4v) is 4.55. The van der Waals surface area contributed by atoms with E-state index in [2.05, 4.69) is 10.3 Å². The first-order valence-corrected chi connectivity index (χ1v) is 9.38. The molecular formula is C15H18ClN3OS2. The minimum Gasteiger partial charge on any atom is -0.342 e. The number of thiazole rings is 1. The number of thiophene rings is 1. The van der Waals surface area contributed by atoms with E-state index in [1.165, 1.54) is 11.3 Å². The maximum atomic E-state index is 12.4. The molecule has 118 valence electrons. The largest absolute Gasteiger partial charge is 0.342 e. The number of aromatic nitrogens is 1. The van der Waals surface area contributed by atoms with Gasteiger partial charge in [-0.3, -0.25) is 4.79 Å². The Morgan fingerprint density at radius 2 is 2.23 bits per heavy atom. The smallest absolute Gasteiger partial charge is 0.228 e. The number of carbonyl (C=O) groups is 1. The van der Waals surface area contributed by atoms with Gasteiger partial charge in [-0.1, -0.05) is 11.6 Å². The van der Waals surface area contributed by atoms with Crippen molar-refractivity contribution in [2.24, 2.45) is 0 Å². The highest BCUT2D eigenvalue weighted by molar-refractivity contribution is 7.23. The van der Waals surface area contributed by atoms with Gasteiger partial charge in [0.15, 0.2) is 0 Å². The Balaban J connectivity index is 1.59. The number of nitrogens with zero attached hydrogens (tertiary/aromatic N) is 2. The standard InChI is InChI=1S/C15H18ClN3OS2/c1-17-10-4-6-19(7-5-10)14(20)8-11-9-21-15(18-11)12-2-3-13(16)22-12/h2-3,9-10,17H,4-8H2,1H3. The lowest BCUT2D eigenvalue weighted by Crippen LogP contribution is -2.44. The van der Waals surface area contributed by atoms with Crippen LogP contribution in [-0.4, -0.2) is 42.0 Å². The molecule has 1 amide bonds. The second-order valence-corrected chi connectivity index (χ2v) is 7.94. The number of amides is 1. The Morgan fingerprint density at radius 3 is 2.86 bits per heavy atom. The summed E-state index contributed by atoms with van der Waals surface area (Å²) in [5.41, 5.74) is 0.852. The molecule has 0 radical (unpaired) electrons. The number of nitrogens with one attached hydrogen (secondary N) is 1. The van der Waals surface area contributed by atoms with E-state index in [1.807, 2.05) is 29.5 Å². The molecular weight excluding hydrogens is 338 g/mol. The van der Waals surface area contributed by atoms with Gasteiger partial charge in [-0.2, -0.15) is 0 Å². The van der Waals surface area contributed by atoms with Crippen molar-refractivity contribution in [3.63, 3.8) is 0 Å². The summed E-state index contributed by atoms with van der Waals surface area (Å²) in [4.78, 5) is 19.9. The molecule has 0 spiro atoms. The third kappa shape index (κ3) is 3.68. The second-order valence-electron chi connectivity index (χ2n) is 5.37. The van der Waals surface area contributed by atoms with E-state index in [9.17, 15) is 4.79 Å². The van der Waals surface area contributed by atoms with E-state index in [0.29, 0.717) is 12.5 Å². The molecule has 2 aromatic heterocycles. The Bertz CT molecular complexity index is 647. The van der Waals surface area contributed by atoms with Crippen molar-refractivity contribution in [1.29, 1.82) is 0 Å². The fraction of sp³-hybridized carbons (Fsp3) is 0.467. The van der Waals surface area contributed by atoms with Crippen LogP contribution in [0.4, 0.5) is 0 Å². The van der Waals surface area contributed by atoms with Crippen LogP contribution in [0.2, 0.25) is 4.34 Å². The summed E-state index contributed by atoms with van der Waals surface area (Å²) in [7, 11) is 1.98. The molecule has 7 heteroatoms. The van der Waals surface area contributed by atoms with Crippen LogP contribution < -0.4 is 5.32 Å². The molecule has 0 aromatic carbocycles. The molecule has 0 bridgehead atoms. The van der Waals surface area contributed by atoms with Gasteiger partial charge in [-0.15, -0.1) is 22.7 Å². The van der Waals surface area contributed by atoms with E-state index in [4.69, 9.17) is 11.6 Å². The topological polar surface area (TPSA) is 45.2 Å². The van der Waals surface area contributed by atoms with E-state index in [1.54, 1.807) is 11.3 Å². The summed E-state index contributed by atoms with van der Waals surface area (Å²) in [6, 6.07) is 4.39. The Hall–Kier alpha value is -0.950. The zero-order valence-corrected chi connectivity index (χ0v) is 14.7. The molecule has 2 aromatic rings. The highest BCUT2D eigenvalue weighted by Gasteiger charge is 2.22. The highest BCUT2D eigenvalue weighted by Crippen LogP contribution is 2.33. The predicted octanol–water partition coefficient (Wildman–Crippen LogP) is 3.28. The van der Waals surface area contributed by atoms with Crippen molar-refractivity contribution >= 4 is 40.2 Å². The normalized spacial score (nSPS) is 16.2. The summed E-state index contributed by atoms with van der Waals surface area (Å²) in [5.74, 6) is 0.176. The van der Waals surface area contributed by atoms with Gasteiger partial charge in [0.2, 0.25) is 5.91 Å². The second kappa shape index (κ2) is 7.08. The maximum Gasteiger partial charge on any atom is 0.228 e. The zero-order chi connectivity index (χ0) is 15.5. The van der Waals surface area contributed by atoms with Crippen molar-refractivity contribution in [2.75, 3.05) is 20.1 Å². The number of likely N-dealkylation sites (tertiary alicyclic amines) is 1. The molecule has 4 nitrogen and oxygen atoms in total. The lowest BCUT2D eigenvalue weighted by atomic mass is 10.0. The van der Waals surface area contributed by atoms with Crippen molar-refractivity contribution in [3.8, 4) is 9.88 Å². The fourth-order valence-electron chi connectivity index (χ4n) is 2.61. The van der Waals surface area contributed by atoms with Crippen LogP contribution in [0.15, 0.2) is 17.5 Å². The minimum absolute atomic E-state index is 0.176. The summed E-state index contributed by atoms with van der Waals surface area (Å²) < 4.78 is 0.759. The summed E-state index contributed by atoms with van der Waals surface area (Å²) in [6.07, 6.45) is 2.44. The van der Waals surface area contributed by atoms with E-state index in [-0.39, 0.29) is 5.91 Å². The Morgan fingerprint density at radius 1 is 1.45 bits per heavy atom. The van der Waals surface area contributed by atoms with Crippen LogP contribution in [0.1, 0.15) is 18.5 Å². The molecule has 3 rings (SSSR count). The molecule has 0 saturated carbocycles. The first-order chi connectivity index (χ1) is 10.7. The van der Waals surface area contributed by atoms with Gasteiger partial charge in [0.1, 0.15) is 5.01 Å². The molecule has 0 aliphatic carbocycles. The van der Waals surface area contributed by atoms with E-state index < -0.39 is 0 Å². The van der Waals surface area contributed by atoms with Crippen molar-refractivity contribution in [3.05, 3.63) is 27.5 Å². The van der Waals surface area contributed by atoms with Crippen LogP contribution >= 0.6 is 34.3 Å². The highest BCUT2D eigenvalue weighted by atomic mass is 35.5. The number of piperidine rings is 1. The van der Waals surface area contributed by atoms with Crippen LogP contribution in [0.25, 0.3) is 9.88 Å². The third-order valence-corrected chi connectivity index (χ3v) is 6.22. The SMILES string of the molecule is CNC1CCN(C(=O)Cc2csc(-c3ccc(Cl)s3)n2)CC1. The molecule has 1 aliphatic heterocycles. The molecule has 1 N–H and O–H groups in total. The van der Waals surface area contributed by atoms with Crippen molar-refractivity contribution in [1.82, 2.24) is 15.2 Å². The van der Waals surface area contributed by atoms with Crippen LogP contribution in [0.3, 0.4) is 0 Å². The number of hydrogen-bond donors (Lipinski definition) is 1. The average Bonchev–Trinajstić information content (AvgIpc) is 3.16. The number of hydrogen-bond acceptors (Lipinski definition) is 5. The average molecular weight is 356 g/mol. The van der Waals surface area contributed by atoms with Gasteiger partial charge in [0, 0.05) is 24.5 Å². The number of halogens is 1. The van der Waals surface area contributed by atoms with Gasteiger partial charge >= 0.3 is 0 Å². The first kappa shape index (κ1) is 15.9. The monoisotopic (exact) mass is 355 g/mol. The summed E-state index contributed by atoms with van der Waals surface area (Å²) in [5, 5.41) is 6.19. The van der Waals surface area contributed by atoms with Crippen molar-refractivity contribution in [2.45, 2.75) is 25.3 Å². The quantitative estimate of drug-likeness (QED) is 0.915. The number of carbonyl (C=O) groups excluding carboxylic acids is 1. The van der Waals surface area contributed by atoms with E-state index >= 15 is 0 Å². The Kier molecular flexibility index (Phi) is 5.13. The van der Waals surface area contributed by atoms with Crippen LogP contribution in [0, 0.1) is 0 Å². The van der Waals surface area contributed by atoms with Crippen molar-refractivity contribution < 1.29 is 4.79 Å². The third-order valence-electron chi connectivity index (χ3n) is 3.92. The molecule has 1 saturated heterocycles. The van der Waals surface area contributed by atoms with Gasteiger partial charge < -0.3 is 10.2 Å². The maximum absolute atomic E-state index is 12.4. The summed E-state index contributed by atoms with van der Waals surface area (Å²) in [6.45, 7) is 1.67. The van der Waals surface area contributed by atoms with Crippen LogP contribution in [-0.2, 0) is 11.2 Å². The number of rotatable bonds is 4. The van der Waals surface area contributed by atoms with Gasteiger partial charge in [-0.25, -0.2) is 4.98 Å². The van der Waals surface area contributed by atoms with Gasteiger partial charge in [-0.05, 0) is 32.0 Å². The lowest BCUT2D eigenvalue weighted by Gasteiger charge is -2.31. The lowest BCUT2D eigenvalue weighted by molar-refractivity contribution is -0.131. The first-order valence-electron chi connectivity index (χ1n) is 7.31. The Labute approximate surface area is 143 Å². The minimum atomic E-state index is 0.176. The van der Waals surface area contributed by atoms with E-state index in [0.717, 1.165) is 45.8 Å². The molecule has 0 atom stereocenters.